The molecule has 0 amide bonds. The van der Waals surface area contributed by atoms with E-state index in [4.69, 9.17) is 10.7 Å². The molecule has 0 bridgehead atoms. The van der Waals surface area contributed by atoms with Crippen molar-refractivity contribution >= 4 is 36.6 Å². The summed E-state index contributed by atoms with van der Waals surface area (Å²) in [5.74, 6) is -0.529. The van der Waals surface area contributed by atoms with Crippen molar-refractivity contribution < 1.29 is 17.9 Å². The summed E-state index contributed by atoms with van der Waals surface area (Å²) in [4.78, 5) is 14.4. The number of benzene rings is 1. The molecular weight excluding hydrogens is 278 g/mol. The SMILES string of the molecule is COC(=O)c1c(C)ccc2c(S(=O)(=O)Cl)c[nH]c12. The predicted molar refractivity (Wildman–Crippen MR) is 67.4 cm³/mol. The number of H-pyrrole nitrogens is 1. The van der Waals surface area contributed by atoms with Crippen molar-refractivity contribution in [3.05, 3.63) is 29.5 Å². The van der Waals surface area contributed by atoms with Gasteiger partial charge in [-0.15, -0.1) is 0 Å². The Balaban J connectivity index is 2.85. The lowest BCUT2D eigenvalue weighted by atomic mass is 10.1. The quantitative estimate of drug-likeness (QED) is 0.678. The van der Waals surface area contributed by atoms with Gasteiger partial charge in [0.15, 0.2) is 0 Å². The maximum absolute atomic E-state index is 11.7. The fourth-order valence-corrected chi connectivity index (χ4v) is 2.86. The van der Waals surface area contributed by atoms with Gasteiger partial charge in [-0.25, -0.2) is 13.2 Å². The zero-order valence-electron chi connectivity index (χ0n) is 9.65. The highest BCUT2D eigenvalue weighted by atomic mass is 35.7. The molecule has 96 valence electrons. The van der Waals surface area contributed by atoms with E-state index >= 15 is 0 Å². The van der Waals surface area contributed by atoms with E-state index in [1.54, 1.807) is 19.1 Å². The number of rotatable bonds is 2. The van der Waals surface area contributed by atoms with Gasteiger partial charge in [-0.05, 0) is 12.5 Å². The molecule has 1 N–H and O–H groups in total. The molecule has 2 aromatic rings. The Morgan fingerprint density at radius 3 is 2.61 bits per heavy atom. The van der Waals surface area contributed by atoms with Crippen LogP contribution in [0.3, 0.4) is 0 Å². The molecule has 0 aliphatic rings. The first-order chi connectivity index (χ1) is 8.36. The lowest BCUT2D eigenvalue weighted by Gasteiger charge is -2.05. The Morgan fingerprint density at radius 2 is 2.06 bits per heavy atom. The van der Waals surface area contributed by atoms with Gasteiger partial charge < -0.3 is 9.72 Å². The van der Waals surface area contributed by atoms with Gasteiger partial charge in [0.1, 0.15) is 4.90 Å². The fraction of sp³-hybridized carbons (Fsp3) is 0.182. The van der Waals surface area contributed by atoms with Crippen molar-refractivity contribution in [2.45, 2.75) is 11.8 Å². The summed E-state index contributed by atoms with van der Waals surface area (Å²) in [7, 11) is 2.73. The molecule has 0 aliphatic heterocycles. The normalized spacial score (nSPS) is 11.7. The number of methoxy groups -OCH3 is 1. The molecule has 7 heteroatoms. The molecule has 0 aliphatic carbocycles. The number of carbonyl (C=O) groups excluding carboxylic acids is 1. The third kappa shape index (κ3) is 1.97. The number of aromatic nitrogens is 1. The van der Waals surface area contributed by atoms with E-state index in [2.05, 4.69) is 9.72 Å². The number of ether oxygens (including phenoxy) is 1. The third-order valence-electron chi connectivity index (χ3n) is 2.68. The maximum atomic E-state index is 11.7. The monoisotopic (exact) mass is 287 g/mol. The molecule has 0 unspecified atom stereocenters. The molecule has 0 saturated carbocycles. The standard InChI is InChI=1S/C11H10ClNO4S/c1-6-3-4-7-8(18(12,15)16)5-13-10(7)9(6)11(14)17-2/h3-5,13H,1-2H3. The van der Waals surface area contributed by atoms with Gasteiger partial charge in [-0.3, -0.25) is 0 Å². The minimum Gasteiger partial charge on any atom is -0.465 e. The molecule has 0 radical (unpaired) electrons. The summed E-state index contributed by atoms with van der Waals surface area (Å²) in [6, 6.07) is 3.25. The number of aryl methyl sites for hydroxylation is 1. The highest BCUT2D eigenvalue weighted by Gasteiger charge is 2.21. The van der Waals surface area contributed by atoms with Crippen LogP contribution in [-0.4, -0.2) is 26.5 Å². The highest BCUT2D eigenvalue weighted by Crippen LogP contribution is 2.29. The minimum atomic E-state index is -3.86. The highest BCUT2D eigenvalue weighted by molar-refractivity contribution is 8.14. The van der Waals surface area contributed by atoms with Crippen LogP contribution in [0, 0.1) is 6.92 Å². The Hall–Kier alpha value is -1.53. The van der Waals surface area contributed by atoms with E-state index in [0.717, 1.165) is 0 Å². The Kier molecular flexibility index (Phi) is 3.08. The molecule has 0 fully saturated rings. The number of hydrogen-bond acceptors (Lipinski definition) is 4. The van der Waals surface area contributed by atoms with Gasteiger partial charge in [-0.2, -0.15) is 0 Å². The topological polar surface area (TPSA) is 76.2 Å². The van der Waals surface area contributed by atoms with E-state index in [9.17, 15) is 13.2 Å². The van der Waals surface area contributed by atoms with Crippen LogP contribution in [0.4, 0.5) is 0 Å². The van der Waals surface area contributed by atoms with E-state index in [1.165, 1.54) is 13.3 Å². The predicted octanol–water partition coefficient (Wildman–Crippen LogP) is 2.19. The van der Waals surface area contributed by atoms with Crippen LogP contribution in [0.1, 0.15) is 15.9 Å². The number of halogens is 1. The Labute approximate surface area is 108 Å². The minimum absolute atomic E-state index is 0.0516. The largest absolute Gasteiger partial charge is 0.465 e. The molecular formula is C11H10ClNO4S. The number of nitrogens with one attached hydrogen (secondary N) is 1. The summed E-state index contributed by atoms with van der Waals surface area (Å²) < 4.78 is 27.4. The van der Waals surface area contributed by atoms with Gasteiger partial charge in [0.05, 0.1) is 18.2 Å². The van der Waals surface area contributed by atoms with Crippen molar-refractivity contribution in [3.8, 4) is 0 Å². The number of carbonyl (C=O) groups is 1. The van der Waals surface area contributed by atoms with E-state index in [1.807, 2.05) is 0 Å². The molecule has 1 heterocycles. The Morgan fingerprint density at radius 1 is 1.39 bits per heavy atom. The zero-order chi connectivity index (χ0) is 13.5. The van der Waals surface area contributed by atoms with Crippen LogP contribution in [-0.2, 0) is 13.8 Å². The lowest BCUT2D eigenvalue weighted by molar-refractivity contribution is 0.0602. The zero-order valence-corrected chi connectivity index (χ0v) is 11.2. The second-order valence-corrected chi connectivity index (χ2v) is 6.30. The number of fused-ring (bicyclic) bond motifs is 1. The van der Waals surface area contributed by atoms with E-state index < -0.39 is 15.0 Å². The summed E-state index contributed by atoms with van der Waals surface area (Å²) in [6.45, 7) is 1.74. The van der Waals surface area contributed by atoms with Crippen LogP contribution in [0.25, 0.3) is 10.9 Å². The van der Waals surface area contributed by atoms with Crippen LogP contribution < -0.4 is 0 Å². The first-order valence-electron chi connectivity index (χ1n) is 5.00. The van der Waals surface area contributed by atoms with Crippen LogP contribution in [0.15, 0.2) is 23.2 Å². The van der Waals surface area contributed by atoms with E-state index in [-0.39, 0.29) is 4.90 Å². The number of aromatic amines is 1. The molecule has 1 aromatic carbocycles. The number of hydrogen-bond donors (Lipinski definition) is 1. The molecule has 2 rings (SSSR count). The van der Waals surface area contributed by atoms with Crippen molar-refractivity contribution in [1.82, 2.24) is 4.98 Å². The first-order valence-corrected chi connectivity index (χ1v) is 7.31. The third-order valence-corrected chi connectivity index (χ3v) is 4.04. The van der Waals surface area contributed by atoms with Crippen LogP contribution >= 0.6 is 10.7 Å². The summed E-state index contributed by atoms with van der Waals surface area (Å²) >= 11 is 0. The lowest BCUT2D eigenvalue weighted by Crippen LogP contribution is -2.04. The number of esters is 1. The van der Waals surface area contributed by atoms with Crippen LogP contribution in [0.2, 0.25) is 0 Å². The van der Waals surface area contributed by atoms with Crippen LogP contribution in [0.5, 0.6) is 0 Å². The summed E-state index contributed by atoms with van der Waals surface area (Å²) in [5.41, 5.74) is 1.40. The van der Waals surface area contributed by atoms with Gasteiger partial charge in [0.2, 0.25) is 0 Å². The summed E-state index contributed by atoms with van der Waals surface area (Å²) in [6.07, 6.45) is 1.26. The van der Waals surface area contributed by atoms with Crippen molar-refractivity contribution in [1.29, 1.82) is 0 Å². The smallest absolute Gasteiger partial charge is 0.340 e. The fourth-order valence-electron chi connectivity index (χ4n) is 1.84. The molecule has 1 aromatic heterocycles. The van der Waals surface area contributed by atoms with Gasteiger partial charge in [0.25, 0.3) is 9.05 Å². The first kappa shape index (κ1) is 12.9. The molecule has 5 nitrogen and oxygen atoms in total. The van der Waals surface area contributed by atoms with Gasteiger partial charge in [-0.1, -0.05) is 12.1 Å². The average molecular weight is 288 g/mol. The summed E-state index contributed by atoms with van der Waals surface area (Å²) in [5, 5.41) is 0.371. The second-order valence-electron chi connectivity index (χ2n) is 3.76. The molecule has 18 heavy (non-hydrogen) atoms. The van der Waals surface area contributed by atoms with Crippen molar-refractivity contribution in [3.63, 3.8) is 0 Å². The average Bonchev–Trinajstić information content (AvgIpc) is 2.71. The second kappa shape index (κ2) is 4.29. The van der Waals surface area contributed by atoms with Crippen molar-refractivity contribution in [2.24, 2.45) is 0 Å². The van der Waals surface area contributed by atoms with Gasteiger partial charge in [0, 0.05) is 22.3 Å². The van der Waals surface area contributed by atoms with E-state index in [0.29, 0.717) is 22.0 Å². The maximum Gasteiger partial charge on any atom is 0.340 e. The van der Waals surface area contributed by atoms with Crippen molar-refractivity contribution in [2.75, 3.05) is 7.11 Å². The Bertz CT molecular complexity index is 733. The molecule has 0 spiro atoms. The molecule has 0 atom stereocenters. The van der Waals surface area contributed by atoms with Gasteiger partial charge >= 0.3 is 5.97 Å². The molecule has 0 saturated heterocycles.